The molecule has 7 nitrogen and oxygen atoms in total. The summed E-state index contributed by atoms with van der Waals surface area (Å²) in [6, 6.07) is 5.68. The highest BCUT2D eigenvalue weighted by Gasteiger charge is 2.13. The average Bonchev–Trinajstić information content (AvgIpc) is 3.11. The maximum absolute atomic E-state index is 12.9. The van der Waals surface area contributed by atoms with E-state index in [1.165, 1.54) is 24.3 Å². The maximum Gasteiger partial charge on any atom is 0.191 e. The number of hydrogen-bond acceptors (Lipinski definition) is 5. The summed E-state index contributed by atoms with van der Waals surface area (Å²) in [6.45, 7) is 7.52. The number of benzene rings is 1. The van der Waals surface area contributed by atoms with Crippen LogP contribution >= 0.6 is 0 Å². The predicted octanol–water partition coefficient (Wildman–Crippen LogP) is 2.43. The summed E-state index contributed by atoms with van der Waals surface area (Å²) < 4.78 is 23.7. The molecule has 0 spiro atoms. The molecule has 0 aliphatic rings. The van der Waals surface area contributed by atoms with Crippen LogP contribution in [0.3, 0.4) is 0 Å². The van der Waals surface area contributed by atoms with Gasteiger partial charge >= 0.3 is 0 Å². The fraction of sp³-hybridized carbons (Fsp3) is 0.500. The van der Waals surface area contributed by atoms with Crippen molar-refractivity contribution in [2.24, 2.45) is 4.99 Å². The molecule has 0 aliphatic heterocycles. The number of ether oxygens (including phenoxy) is 1. The highest BCUT2D eigenvalue weighted by Crippen LogP contribution is 2.16. The number of hydrogen-bond donors (Lipinski definition) is 3. The summed E-state index contributed by atoms with van der Waals surface area (Å²) in [6.07, 6.45) is 0.806. The van der Waals surface area contributed by atoms with Crippen molar-refractivity contribution in [3.63, 3.8) is 0 Å². The van der Waals surface area contributed by atoms with Crippen LogP contribution in [0.15, 0.2) is 33.8 Å². The number of aliphatic imine (C=N–C) groups is 1. The van der Waals surface area contributed by atoms with E-state index in [9.17, 15) is 9.50 Å². The van der Waals surface area contributed by atoms with Gasteiger partial charge in [-0.1, -0.05) is 19.0 Å². The molecule has 1 heterocycles. The van der Waals surface area contributed by atoms with E-state index in [4.69, 9.17) is 9.26 Å². The van der Waals surface area contributed by atoms with E-state index in [2.05, 4.69) is 20.8 Å². The summed E-state index contributed by atoms with van der Waals surface area (Å²) in [5.74, 6) is 1.62. The third kappa shape index (κ3) is 6.53. The zero-order valence-corrected chi connectivity index (χ0v) is 16.7. The van der Waals surface area contributed by atoms with E-state index >= 15 is 0 Å². The minimum Gasteiger partial charge on any atom is -0.491 e. The minimum absolute atomic E-state index is 0.0870. The molecule has 0 saturated heterocycles. The first kappa shape index (κ1) is 21.7. The molecule has 0 amide bonds. The zero-order chi connectivity index (χ0) is 20.4. The zero-order valence-electron chi connectivity index (χ0n) is 16.7. The Hall–Kier alpha value is -2.61. The van der Waals surface area contributed by atoms with Crippen LogP contribution in [0.2, 0.25) is 0 Å². The van der Waals surface area contributed by atoms with Gasteiger partial charge in [-0.2, -0.15) is 0 Å². The van der Waals surface area contributed by atoms with Crippen LogP contribution in [0.4, 0.5) is 4.39 Å². The highest BCUT2D eigenvalue weighted by molar-refractivity contribution is 5.79. The maximum atomic E-state index is 12.9. The fourth-order valence-electron chi connectivity index (χ4n) is 2.61. The van der Waals surface area contributed by atoms with Gasteiger partial charge in [0.1, 0.15) is 30.0 Å². The molecule has 2 rings (SSSR count). The Balaban J connectivity index is 1.88. The predicted molar refractivity (Wildman–Crippen MR) is 106 cm³/mol. The Morgan fingerprint density at radius 1 is 1.21 bits per heavy atom. The van der Waals surface area contributed by atoms with Crippen LogP contribution in [0.5, 0.6) is 5.75 Å². The van der Waals surface area contributed by atoms with Crippen molar-refractivity contribution in [3.05, 3.63) is 47.1 Å². The van der Waals surface area contributed by atoms with Gasteiger partial charge in [-0.3, -0.25) is 0 Å². The molecule has 1 aromatic carbocycles. The second-order valence-corrected chi connectivity index (χ2v) is 6.23. The van der Waals surface area contributed by atoms with Crippen molar-refractivity contribution in [2.75, 3.05) is 19.7 Å². The molecule has 1 unspecified atom stereocenters. The molecule has 1 aromatic heterocycles. The molecule has 3 N–H and O–H groups in total. The molecule has 0 fully saturated rings. The molecule has 1 atom stereocenters. The van der Waals surface area contributed by atoms with Crippen molar-refractivity contribution in [3.8, 4) is 5.75 Å². The highest BCUT2D eigenvalue weighted by atomic mass is 19.1. The second-order valence-electron chi connectivity index (χ2n) is 6.23. The van der Waals surface area contributed by atoms with Crippen LogP contribution in [0.25, 0.3) is 0 Å². The van der Waals surface area contributed by atoms with E-state index in [0.717, 1.165) is 29.9 Å². The van der Waals surface area contributed by atoms with E-state index < -0.39 is 6.10 Å². The van der Waals surface area contributed by atoms with Gasteiger partial charge in [0, 0.05) is 25.1 Å². The van der Waals surface area contributed by atoms with Crippen LogP contribution in [0.1, 0.15) is 37.8 Å². The van der Waals surface area contributed by atoms with Crippen LogP contribution < -0.4 is 15.4 Å². The van der Waals surface area contributed by atoms with E-state index in [0.29, 0.717) is 24.8 Å². The molecule has 154 valence electrons. The first-order valence-electron chi connectivity index (χ1n) is 9.62. The number of aryl methyl sites for hydroxylation is 2. The number of rotatable bonds is 10. The van der Waals surface area contributed by atoms with Gasteiger partial charge in [0.2, 0.25) is 0 Å². The lowest BCUT2D eigenvalue weighted by Gasteiger charge is -2.16. The Bertz CT molecular complexity index is 725. The summed E-state index contributed by atoms with van der Waals surface area (Å²) >= 11 is 0. The summed E-state index contributed by atoms with van der Waals surface area (Å²) in [7, 11) is 0. The number of aromatic nitrogens is 1. The largest absolute Gasteiger partial charge is 0.491 e. The fourth-order valence-corrected chi connectivity index (χ4v) is 2.61. The van der Waals surface area contributed by atoms with Gasteiger partial charge in [-0.05, 0) is 37.6 Å². The lowest BCUT2D eigenvalue weighted by atomic mass is 10.1. The van der Waals surface area contributed by atoms with Crippen molar-refractivity contribution < 1.29 is 18.8 Å². The van der Waals surface area contributed by atoms with E-state index in [1.807, 2.05) is 20.8 Å². The third-order valence-electron chi connectivity index (χ3n) is 4.11. The number of aliphatic hydroxyl groups is 1. The van der Waals surface area contributed by atoms with Crippen molar-refractivity contribution in [1.29, 1.82) is 0 Å². The van der Waals surface area contributed by atoms with Crippen LogP contribution in [-0.2, 0) is 19.4 Å². The lowest BCUT2D eigenvalue weighted by Crippen LogP contribution is -2.42. The van der Waals surface area contributed by atoms with Gasteiger partial charge in [0.15, 0.2) is 5.96 Å². The molecular weight excluding hydrogens is 363 g/mol. The minimum atomic E-state index is -0.748. The molecular formula is C20H29FN4O3. The van der Waals surface area contributed by atoms with Crippen molar-refractivity contribution in [1.82, 2.24) is 15.8 Å². The summed E-state index contributed by atoms with van der Waals surface area (Å²) in [5, 5.41) is 20.5. The molecule has 2 aromatic rings. The molecule has 8 heteroatoms. The Morgan fingerprint density at radius 2 is 1.96 bits per heavy atom. The molecule has 0 aliphatic carbocycles. The van der Waals surface area contributed by atoms with Gasteiger partial charge in [-0.15, -0.1) is 0 Å². The molecule has 0 bridgehead atoms. The summed E-state index contributed by atoms with van der Waals surface area (Å²) in [5.41, 5.74) is 1.94. The standard InChI is InChI=1S/C20H29FN4O3/c1-4-18-17(19(5-2)28-25-18)12-24-20(22-6-3)23-11-15(26)13-27-16-9-7-14(21)8-10-16/h7-10,15,26H,4-6,11-13H2,1-3H3,(H2,22,23,24). The third-order valence-corrected chi connectivity index (χ3v) is 4.11. The van der Waals surface area contributed by atoms with E-state index in [1.54, 1.807) is 0 Å². The van der Waals surface area contributed by atoms with Crippen molar-refractivity contribution in [2.45, 2.75) is 46.3 Å². The Morgan fingerprint density at radius 3 is 2.61 bits per heavy atom. The first-order valence-corrected chi connectivity index (χ1v) is 9.62. The molecule has 0 radical (unpaired) electrons. The lowest BCUT2D eigenvalue weighted by molar-refractivity contribution is 0.110. The Labute approximate surface area is 165 Å². The number of aliphatic hydroxyl groups excluding tert-OH is 1. The van der Waals surface area contributed by atoms with Crippen molar-refractivity contribution >= 4 is 5.96 Å². The topological polar surface area (TPSA) is 91.9 Å². The average molecular weight is 392 g/mol. The molecule has 28 heavy (non-hydrogen) atoms. The molecule has 0 saturated carbocycles. The number of nitrogens with zero attached hydrogens (tertiary/aromatic N) is 2. The first-order chi connectivity index (χ1) is 13.6. The second kappa shape index (κ2) is 11.3. The number of halogens is 1. The monoisotopic (exact) mass is 392 g/mol. The Kier molecular flexibility index (Phi) is 8.74. The van der Waals surface area contributed by atoms with Gasteiger partial charge < -0.3 is 25.0 Å². The smallest absolute Gasteiger partial charge is 0.191 e. The van der Waals surface area contributed by atoms with Gasteiger partial charge in [0.05, 0.1) is 12.2 Å². The SMILES string of the molecule is CCNC(=NCc1c(CC)noc1CC)NCC(O)COc1ccc(F)cc1. The normalized spacial score (nSPS) is 12.7. The van der Waals surface area contributed by atoms with Gasteiger partial charge in [0.25, 0.3) is 0 Å². The van der Waals surface area contributed by atoms with E-state index in [-0.39, 0.29) is 19.0 Å². The number of nitrogens with one attached hydrogen (secondary N) is 2. The van der Waals surface area contributed by atoms with Crippen LogP contribution in [0, 0.1) is 5.82 Å². The van der Waals surface area contributed by atoms with Crippen LogP contribution in [-0.4, -0.2) is 42.0 Å². The quantitative estimate of drug-likeness (QED) is 0.425. The van der Waals surface area contributed by atoms with Gasteiger partial charge in [-0.25, -0.2) is 9.38 Å². The number of guanidine groups is 1. The summed E-state index contributed by atoms with van der Waals surface area (Å²) in [4.78, 5) is 4.57.